The molecule has 0 amide bonds. The number of aromatic nitrogens is 2. The maximum atomic E-state index is 5.82. The van der Waals surface area contributed by atoms with Crippen molar-refractivity contribution in [3.8, 4) is 5.88 Å². The van der Waals surface area contributed by atoms with E-state index in [0.717, 1.165) is 12.6 Å². The number of likely N-dealkylation sites (N-methyl/N-ethyl adjacent to an activating group) is 1. The van der Waals surface area contributed by atoms with Crippen LogP contribution in [0.5, 0.6) is 5.88 Å². The minimum atomic E-state index is 0.169. The van der Waals surface area contributed by atoms with Crippen LogP contribution in [0.3, 0.4) is 0 Å². The van der Waals surface area contributed by atoms with Gasteiger partial charge in [0.05, 0.1) is 5.69 Å². The van der Waals surface area contributed by atoms with E-state index >= 15 is 0 Å². The summed E-state index contributed by atoms with van der Waals surface area (Å²) in [4.78, 5) is 10.2. The molecule has 5 nitrogen and oxygen atoms in total. The summed E-state index contributed by atoms with van der Waals surface area (Å²) < 4.78 is 5.54. The molecule has 0 saturated heterocycles. The molecule has 94 valence electrons. The summed E-state index contributed by atoms with van der Waals surface area (Å²) in [7, 11) is 2.10. The lowest BCUT2D eigenvalue weighted by molar-refractivity contribution is 0.227. The number of nitrogens with two attached hydrogens (primary N) is 1. The highest BCUT2D eigenvalue weighted by Gasteiger charge is 2.25. The minimum absolute atomic E-state index is 0.169. The van der Waals surface area contributed by atoms with E-state index in [-0.39, 0.29) is 5.28 Å². The molecular formula is C11H17ClN4O. The predicted molar refractivity (Wildman–Crippen MR) is 67.3 cm³/mol. The molecule has 2 N–H and O–H groups in total. The number of ether oxygens (including phenoxy) is 1. The summed E-state index contributed by atoms with van der Waals surface area (Å²) in [6.45, 7) is 3.21. The van der Waals surface area contributed by atoms with Gasteiger partial charge in [0.2, 0.25) is 11.2 Å². The fraction of sp³-hybridized carbons (Fsp3) is 0.636. The van der Waals surface area contributed by atoms with Crippen LogP contribution in [0, 0.1) is 6.92 Å². The Balaban J connectivity index is 1.89. The topological polar surface area (TPSA) is 64.3 Å². The Morgan fingerprint density at radius 2 is 2.18 bits per heavy atom. The Hall–Kier alpha value is -1.07. The summed E-state index contributed by atoms with van der Waals surface area (Å²) in [5, 5.41) is 0.169. The summed E-state index contributed by atoms with van der Waals surface area (Å²) in [5.74, 6) is 0.381. The largest absolute Gasteiger partial charge is 0.475 e. The van der Waals surface area contributed by atoms with E-state index in [2.05, 4.69) is 21.9 Å². The Morgan fingerprint density at radius 3 is 2.82 bits per heavy atom. The molecule has 1 fully saturated rings. The van der Waals surface area contributed by atoms with Crippen molar-refractivity contribution < 1.29 is 4.74 Å². The molecule has 0 radical (unpaired) electrons. The number of nitrogen functional groups attached to an aromatic ring is 1. The van der Waals surface area contributed by atoms with E-state index in [1.54, 1.807) is 6.92 Å². The number of halogens is 1. The summed E-state index contributed by atoms with van der Waals surface area (Å²) in [6, 6.07) is 0.728. The van der Waals surface area contributed by atoms with Crippen molar-refractivity contribution in [3.63, 3.8) is 0 Å². The van der Waals surface area contributed by atoms with E-state index in [9.17, 15) is 0 Å². The van der Waals surface area contributed by atoms with Crippen molar-refractivity contribution in [1.29, 1.82) is 0 Å². The van der Waals surface area contributed by atoms with Crippen LogP contribution in [-0.2, 0) is 0 Å². The lowest BCUT2D eigenvalue weighted by atomic mass is 10.4. The smallest absolute Gasteiger partial charge is 0.241 e. The lowest BCUT2D eigenvalue weighted by Crippen LogP contribution is -2.26. The molecule has 0 spiro atoms. The standard InChI is InChI=1S/C11H17ClN4O/c1-7-9(13)10(15-11(12)14-7)17-6-5-16(2)8-3-4-8/h8H,3-6,13H2,1-2H3. The third-order valence-electron chi connectivity index (χ3n) is 2.93. The molecule has 1 aromatic heterocycles. The zero-order chi connectivity index (χ0) is 12.4. The zero-order valence-electron chi connectivity index (χ0n) is 10.1. The predicted octanol–water partition coefficient (Wildman–Crippen LogP) is 1.49. The molecular weight excluding hydrogens is 240 g/mol. The summed E-state index contributed by atoms with van der Waals surface area (Å²) in [5.41, 5.74) is 6.93. The number of nitrogens with zero attached hydrogens (tertiary/aromatic N) is 3. The molecule has 2 rings (SSSR count). The van der Waals surface area contributed by atoms with E-state index in [0.29, 0.717) is 23.9 Å². The zero-order valence-corrected chi connectivity index (χ0v) is 10.9. The van der Waals surface area contributed by atoms with Gasteiger partial charge in [0.15, 0.2) is 0 Å². The van der Waals surface area contributed by atoms with Gasteiger partial charge in [0, 0.05) is 12.6 Å². The fourth-order valence-electron chi connectivity index (χ4n) is 1.62. The number of aryl methyl sites for hydroxylation is 1. The van der Waals surface area contributed by atoms with E-state index < -0.39 is 0 Å². The minimum Gasteiger partial charge on any atom is -0.475 e. The highest BCUT2D eigenvalue weighted by molar-refractivity contribution is 6.28. The second kappa shape index (κ2) is 5.06. The molecule has 0 atom stereocenters. The second-order valence-corrected chi connectivity index (χ2v) is 4.70. The quantitative estimate of drug-likeness (QED) is 0.809. The average Bonchev–Trinajstić information content (AvgIpc) is 3.08. The molecule has 0 unspecified atom stereocenters. The molecule has 17 heavy (non-hydrogen) atoms. The Bertz CT molecular complexity index is 409. The molecule has 6 heteroatoms. The van der Waals surface area contributed by atoms with E-state index in [4.69, 9.17) is 22.1 Å². The first kappa shape index (κ1) is 12.4. The number of hydrogen-bond acceptors (Lipinski definition) is 5. The fourth-order valence-corrected chi connectivity index (χ4v) is 1.82. The van der Waals surface area contributed by atoms with Crippen LogP contribution in [0.1, 0.15) is 18.5 Å². The third kappa shape index (κ3) is 3.20. The van der Waals surface area contributed by atoms with Crippen molar-refractivity contribution in [2.24, 2.45) is 0 Å². The van der Waals surface area contributed by atoms with Crippen LogP contribution in [0.4, 0.5) is 5.69 Å². The van der Waals surface area contributed by atoms with Gasteiger partial charge in [-0.15, -0.1) is 0 Å². The van der Waals surface area contributed by atoms with E-state index in [1.807, 2.05) is 0 Å². The van der Waals surface area contributed by atoms with Crippen LogP contribution in [0.15, 0.2) is 0 Å². The van der Waals surface area contributed by atoms with Crippen LogP contribution >= 0.6 is 11.6 Å². The normalized spacial score (nSPS) is 15.3. The maximum Gasteiger partial charge on any atom is 0.241 e. The van der Waals surface area contributed by atoms with Crippen molar-refractivity contribution in [1.82, 2.24) is 14.9 Å². The number of hydrogen-bond donors (Lipinski definition) is 1. The SMILES string of the molecule is Cc1nc(Cl)nc(OCCN(C)C2CC2)c1N. The van der Waals surface area contributed by atoms with Gasteiger partial charge in [-0.25, -0.2) is 4.98 Å². The molecule has 1 aliphatic rings. The Labute approximate surface area is 106 Å². The van der Waals surface area contributed by atoms with Crippen molar-refractivity contribution in [3.05, 3.63) is 11.0 Å². The summed E-state index contributed by atoms with van der Waals surface area (Å²) in [6.07, 6.45) is 2.58. The Kier molecular flexibility index (Phi) is 3.69. The first-order chi connectivity index (χ1) is 8.08. The monoisotopic (exact) mass is 256 g/mol. The van der Waals surface area contributed by atoms with Gasteiger partial charge in [-0.05, 0) is 38.4 Å². The van der Waals surface area contributed by atoms with Crippen LogP contribution in [0.25, 0.3) is 0 Å². The van der Waals surface area contributed by atoms with Crippen molar-refractivity contribution >= 4 is 17.3 Å². The molecule has 0 bridgehead atoms. The Morgan fingerprint density at radius 1 is 1.47 bits per heavy atom. The molecule has 1 saturated carbocycles. The summed E-state index contributed by atoms with van der Waals surface area (Å²) >= 11 is 5.76. The molecule has 1 aliphatic carbocycles. The van der Waals surface area contributed by atoms with Gasteiger partial charge in [0.1, 0.15) is 12.3 Å². The van der Waals surface area contributed by atoms with Gasteiger partial charge in [-0.1, -0.05) is 0 Å². The number of rotatable bonds is 5. The molecule has 1 heterocycles. The maximum absolute atomic E-state index is 5.82. The van der Waals surface area contributed by atoms with Crippen molar-refractivity contribution in [2.75, 3.05) is 25.9 Å². The van der Waals surface area contributed by atoms with Gasteiger partial charge < -0.3 is 15.4 Å². The number of anilines is 1. The van der Waals surface area contributed by atoms with E-state index in [1.165, 1.54) is 12.8 Å². The molecule has 0 aliphatic heterocycles. The first-order valence-corrected chi connectivity index (χ1v) is 6.08. The van der Waals surface area contributed by atoms with Gasteiger partial charge >= 0.3 is 0 Å². The highest BCUT2D eigenvalue weighted by Crippen LogP contribution is 2.25. The van der Waals surface area contributed by atoms with Crippen molar-refractivity contribution in [2.45, 2.75) is 25.8 Å². The highest BCUT2D eigenvalue weighted by atomic mass is 35.5. The van der Waals surface area contributed by atoms with Gasteiger partial charge in [0.25, 0.3) is 0 Å². The first-order valence-electron chi connectivity index (χ1n) is 5.70. The third-order valence-corrected chi connectivity index (χ3v) is 3.10. The second-order valence-electron chi connectivity index (χ2n) is 4.36. The van der Waals surface area contributed by atoms with Crippen LogP contribution < -0.4 is 10.5 Å². The van der Waals surface area contributed by atoms with Gasteiger partial charge in [-0.3, -0.25) is 0 Å². The average molecular weight is 257 g/mol. The molecule has 1 aromatic rings. The van der Waals surface area contributed by atoms with Crippen LogP contribution in [0.2, 0.25) is 5.28 Å². The van der Waals surface area contributed by atoms with Gasteiger partial charge in [-0.2, -0.15) is 4.98 Å². The lowest BCUT2D eigenvalue weighted by Gasteiger charge is -2.16. The van der Waals surface area contributed by atoms with Crippen LogP contribution in [-0.4, -0.2) is 41.1 Å². The molecule has 0 aromatic carbocycles.